The molecule has 0 radical (unpaired) electrons. The highest BCUT2D eigenvalue weighted by Crippen LogP contribution is 2.19. The Bertz CT molecular complexity index is 531. The third-order valence-corrected chi connectivity index (χ3v) is 3.05. The van der Waals surface area contributed by atoms with Gasteiger partial charge >= 0.3 is 0 Å². The lowest BCUT2D eigenvalue weighted by Gasteiger charge is -2.07. The van der Waals surface area contributed by atoms with E-state index in [-0.39, 0.29) is 0 Å². The van der Waals surface area contributed by atoms with Gasteiger partial charge < -0.3 is 10.8 Å². The summed E-state index contributed by atoms with van der Waals surface area (Å²) in [5.74, 6) is 0.300. The van der Waals surface area contributed by atoms with Gasteiger partial charge in [-0.05, 0) is 19.9 Å². The minimum atomic E-state index is 0.300. The molecule has 0 aliphatic rings. The van der Waals surface area contributed by atoms with Crippen molar-refractivity contribution in [2.24, 2.45) is 5.73 Å². The van der Waals surface area contributed by atoms with Crippen LogP contribution >= 0.6 is 0 Å². The number of hydrogen-bond acceptors (Lipinski definition) is 3. The number of benzene rings is 1. The maximum atomic E-state index is 9.73. The average molecular weight is 231 g/mol. The summed E-state index contributed by atoms with van der Waals surface area (Å²) in [6.45, 7) is 5.02. The zero-order chi connectivity index (χ0) is 12.4. The van der Waals surface area contributed by atoms with Gasteiger partial charge in [0, 0.05) is 23.4 Å². The summed E-state index contributed by atoms with van der Waals surface area (Å²) >= 11 is 0. The molecule has 0 bridgehead atoms. The van der Waals surface area contributed by atoms with E-state index >= 15 is 0 Å². The van der Waals surface area contributed by atoms with Crippen LogP contribution in [0.1, 0.15) is 22.5 Å². The van der Waals surface area contributed by atoms with Crippen LogP contribution in [0.2, 0.25) is 0 Å². The first kappa shape index (κ1) is 11.7. The Morgan fingerprint density at radius 3 is 2.59 bits per heavy atom. The molecule has 1 aromatic heterocycles. The minimum absolute atomic E-state index is 0.300. The third kappa shape index (κ3) is 2.17. The normalized spacial score (nSPS) is 10.8. The molecule has 0 aliphatic carbocycles. The van der Waals surface area contributed by atoms with Crippen LogP contribution in [0.3, 0.4) is 0 Å². The standard InChI is InChI=1S/C13H17N3O/c1-9-12(7-14)10(2)16(15-9)8-11-5-3-4-6-13(11)17/h3-6,17H,7-8,14H2,1-2H3. The average Bonchev–Trinajstić information content (AvgIpc) is 2.57. The maximum Gasteiger partial charge on any atom is 0.120 e. The Labute approximate surface area is 101 Å². The van der Waals surface area contributed by atoms with Gasteiger partial charge in [-0.2, -0.15) is 5.10 Å². The Morgan fingerprint density at radius 2 is 2.00 bits per heavy atom. The van der Waals surface area contributed by atoms with E-state index in [4.69, 9.17) is 5.73 Å². The molecule has 2 rings (SSSR count). The molecule has 0 aliphatic heterocycles. The van der Waals surface area contributed by atoms with E-state index in [1.54, 1.807) is 6.07 Å². The van der Waals surface area contributed by atoms with Crippen LogP contribution < -0.4 is 5.73 Å². The first-order chi connectivity index (χ1) is 8.13. The fourth-order valence-corrected chi connectivity index (χ4v) is 1.99. The number of para-hydroxylation sites is 1. The second-order valence-corrected chi connectivity index (χ2v) is 4.14. The molecule has 3 N–H and O–H groups in total. The van der Waals surface area contributed by atoms with Crippen LogP contribution in [0, 0.1) is 13.8 Å². The van der Waals surface area contributed by atoms with E-state index < -0.39 is 0 Å². The quantitative estimate of drug-likeness (QED) is 0.845. The van der Waals surface area contributed by atoms with Crippen LogP contribution in [-0.4, -0.2) is 14.9 Å². The minimum Gasteiger partial charge on any atom is -0.508 e. The molecule has 4 heteroatoms. The first-order valence-corrected chi connectivity index (χ1v) is 5.63. The molecule has 2 aromatic rings. The summed E-state index contributed by atoms with van der Waals surface area (Å²) < 4.78 is 1.88. The lowest BCUT2D eigenvalue weighted by molar-refractivity contribution is 0.463. The zero-order valence-electron chi connectivity index (χ0n) is 10.1. The Kier molecular flexibility index (Phi) is 3.15. The van der Waals surface area contributed by atoms with Crippen molar-refractivity contribution in [3.63, 3.8) is 0 Å². The van der Waals surface area contributed by atoms with Crippen molar-refractivity contribution in [2.75, 3.05) is 0 Å². The van der Waals surface area contributed by atoms with Gasteiger partial charge in [-0.1, -0.05) is 18.2 Å². The number of rotatable bonds is 3. The second-order valence-electron chi connectivity index (χ2n) is 4.14. The van der Waals surface area contributed by atoms with Crippen LogP contribution in [0.15, 0.2) is 24.3 Å². The summed E-state index contributed by atoms with van der Waals surface area (Å²) in [7, 11) is 0. The van der Waals surface area contributed by atoms with Gasteiger partial charge in [0.2, 0.25) is 0 Å². The molecule has 0 saturated heterocycles. The Hall–Kier alpha value is -1.81. The fraction of sp³-hybridized carbons (Fsp3) is 0.308. The number of hydrogen-bond donors (Lipinski definition) is 2. The number of phenols is 1. The molecule has 1 heterocycles. The van der Waals surface area contributed by atoms with Gasteiger partial charge in [0.15, 0.2) is 0 Å². The monoisotopic (exact) mass is 231 g/mol. The van der Waals surface area contributed by atoms with E-state index in [0.717, 1.165) is 22.5 Å². The predicted molar refractivity (Wildman–Crippen MR) is 66.8 cm³/mol. The highest BCUT2D eigenvalue weighted by molar-refractivity contribution is 5.33. The van der Waals surface area contributed by atoms with Gasteiger partial charge in [-0.25, -0.2) is 0 Å². The number of nitrogens with two attached hydrogens (primary N) is 1. The Morgan fingerprint density at radius 1 is 1.29 bits per heavy atom. The molecule has 0 fully saturated rings. The topological polar surface area (TPSA) is 64.1 Å². The van der Waals surface area contributed by atoms with Gasteiger partial charge in [-0.15, -0.1) is 0 Å². The number of aromatic nitrogens is 2. The van der Waals surface area contributed by atoms with E-state index in [9.17, 15) is 5.11 Å². The molecule has 4 nitrogen and oxygen atoms in total. The highest BCUT2D eigenvalue weighted by Gasteiger charge is 2.11. The van der Waals surface area contributed by atoms with E-state index in [1.807, 2.05) is 36.7 Å². The van der Waals surface area contributed by atoms with E-state index in [1.165, 1.54) is 0 Å². The van der Waals surface area contributed by atoms with Crippen molar-refractivity contribution in [2.45, 2.75) is 26.9 Å². The van der Waals surface area contributed by atoms with Crippen molar-refractivity contribution >= 4 is 0 Å². The molecular formula is C13H17N3O. The fourth-order valence-electron chi connectivity index (χ4n) is 1.99. The van der Waals surface area contributed by atoms with Crippen molar-refractivity contribution in [3.05, 3.63) is 46.8 Å². The second kappa shape index (κ2) is 4.59. The van der Waals surface area contributed by atoms with Gasteiger partial charge in [0.05, 0.1) is 12.2 Å². The summed E-state index contributed by atoms with van der Waals surface area (Å²) in [5.41, 5.74) is 9.65. The van der Waals surface area contributed by atoms with Gasteiger partial charge in [0.1, 0.15) is 5.75 Å². The molecule has 0 spiro atoms. The number of phenolic OH excluding ortho intramolecular Hbond substituents is 1. The van der Waals surface area contributed by atoms with Gasteiger partial charge in [0.25, 0.3) is 0 Å². The lowest BCUT2D eigenvalue weighted by Crippen LogP contribution is -2.05. The molecule has 0 unspecified atom stereocenters. The summed E-state index contributed by atoms with van der Waals surface area (Å²) in [5, 5.41) is 14.2. The maximum absolute atomic E-state index is 9.73. The van der Waals surface area contributed by atoms with Crippen LogP contribution in [0.4, 0.5) is 0 Å². The third-order valence-electron chi connectivity index (χ3n) is 3.05. The smallest absolute Gasteiger partial charge is 0.120 e. The number of aryl methyl sites for hydroxylation is 1. The van der Waals surface area contributed by atoms with Crippen molar-refractivity contribution in [1.82, 2.24) is 9.78 Å². The van der Waals surface area contributed by atoms with E-state index in [0.29, 0.717) is 18.8 Å². The number of nitrogens with zero attached hydrogens (tertiary/aromatic N) is 2. The predicted octanol–water partition coefficient (Wildman–Crippen LogP) is 1.71. The Balaban J connectivity index is 2.34. The molecule has 0 amide bonds. The van der Waals surface area contributed by atoms with E-state index in [2.05, 4.69) is 5.10 Å². The summed E-state index contributed by atoms with van der Waals surface area (Å²) in [4.78, 5) is 0. The van der Waals surface area contributed by atoms with Gasteiger partial charge in [-0.3, -0.25) is 4.68 Å². The van der Waals surface area contributed by atoms with Crippen LogP contribution in [0.5, 0.6) is 5.75 Å². The largest absolute Gasteiger partial charge is 0.508 e. The first-order valence-electron chi connectivity index (χ1n) is 5.63. The zero-order valence-corrected chi connectivity index (χ0v) is 10.1. The van der Waals surface area contributed by atoms with Crippen LogP contribution in [0.25, 0.3) is 0 Å². The lowest BCUT2D eigenvalue weighted by atomic mass is 10.2. The van der Waals surface area contributed by atoms with Crippen LogP contribution in [-0.2, 0) is 13.1 Å². The SMILES string of the molecule is Cc1nn(Cc2ccccc2O)c(C)c1CN. The molecule has 17 heavy (non-hydrogen) atoms. The number of aromatic hydroxyl groups is 1. The van der Waals surface area contributed by atoms with Crippen molar-refractivity contribution in [1.29, 1.82) is 0 Å². The molecule has 90 valence electrons. The molecule has 1 aromatic carbocycles. The highest BCUT2D eigenvalue weighted by atomic mass is 16.3. The molecule has 0 saturated carbocycles. The molecule has 0 atom stereocenters. The molecular weight excluding hydrogens is 214 g/mol. The van der Waals surface area contributed by atoms with Crippen molar-refractivity contribution < 1.29 is 5.11 Å². The summed E-state index contributed by atoms with van der Waals surface area (Å²) in [6, 6.07) is 7.30. The summed E-state index contributed by atoms with van der Waals surface area (Å²) in [6.07, 6.45) is 0. The van der Waals surface area contributed by atoms with Crippen molar-refractivity contribution in [3.8, 4) is 5.75 Å².